The van der Waals surface area contributed by atoms with E-state index in [0.717, 1.165) is 30.4 Å². The maximum Gasteiger partial charge on any atom is 0.305 e. The molecule has 21 heavy (non-hydrogen) atoms. The molecule has 0 saturated carbocycles. The number of ether oxygens (including phenoxy) is 1. The molecule has 0 radical (unpaired) electrons. The van der Waals surface area contributed by atoms with Crippen molar-refractivity contribution in [2.75, 3.05) is 30.3 Å². The minimum absolute atomic E-state index is 0.154. The summed E-state index contributed by atoms with van der Waals surface area (Å²) in [4.78, 5) is 20.2. The number of hydrogen-bond donors (Lipinski definition) is 2. The van der Waals surface area contributed by atoms with E-state index in [1.165, 1.54) is 0 Å². The fourth-order valence-corrected chi connectivity index (χ4v) is 1.77. The molecule has 0 aliphatic carbocycles. The smallest absolute Gasteiger partial charge is 0.305 e. The number of rotatable bonds is 9. The average Bonchev–Trinajstić information content (AvgIpc) is 2.44. The minimum atomic E-state index is -0.154. The van der Waals surface area contributed by atoms with E-state index in [0.29, 0.717) is 19.6 Å². The van der Waals surface area contributed by atoms with Gasteiger partial charge in [-0.1, -0.05) is 13.8 Å². The van der Waals surface area contributed by atoms with Gasteiger partial charge < -0.3 is 15.4 Å². The third kappa shape index (κ3) is 6.42. The monoisotopic (exact) mass is 294 g/mol. The van der Waals surface area contributed by atoms with Crippen LogP contribution in [-0.2, 0) is 9.53 Å². The first-order chi connectivity index (χ1) is 10.1. The lowest BCUT2D eigenvalue weighted by molar-refractivity contribution is -0.143. The van der Waals surface area contributed by atoms with Gasteiger partial charge in [-0.2, -0.15) is 0 Å². The van der Waals surface area contributed by atoms with E-state index >= 15 is 0 Å². The number of nitrogens with one attached hydrogen (secondary N) is 2. The van der Waals surface area contributed by atoms with E-state index in [1.807, 2.05) is 19.9 Å². The van der Waals surface area contributed by atoms with Crippen LogP contribution >= 0.6 is 0 Å². The lowest BCUT2D eigenvalue weighted by Crippen LogP contribution is -2.11. The van der Waals surface area contributed by atoms with E-state index < -0.39 is 0 Å². The maximum absolute atomic E-state index is 11.3. The summed E-state index contributed by atoms with van der Waals surface area (Å²) in [7, 11) is 0. The fraction of sp³-hybridized carbons (Fsp3) is 0.667. The molecular weight excluding hydrogens is 268 g/mol. The summed E-state index contributed by atoms with van der Waals surface area (Å²) < 4.78 is 4.89. The number of nitrogens with zero attached hydrogens (tertiary/aromatic N) is 2. The van der Waals surface area contributed by atoms with Crippen LogP contribution in [-0.4, -0.2) is 35.6 Å². The molecule has 1 heterocycles. The number of esters is 1. The van der Waals surface area contributed by atoms with Crippen molar-refractivity contribution in [3.8, 4) is 0 Å². The zero-order valence-electron chi connectivity index (χ0n) is 13.4. The first-order valence-corrected chi connectivity index (χ1v) is 7.59. The van der Waals surface area contributed by atoms with Crippen molar-refractivity contribution in [2.24, 2.45) is 0 Å². The molecule has 0 saturated heterocycles. The molecule has 0 bridgehead atoms. The van der Waals surface area contributed by atoms with Crippen LogP contribution in [0.5, 0.6) is 0 Å². The molecule has 0 fully saturated rings. The molecule has 0 aliphatic heterocycles. The molecule has 1 rings (SSSR count). The Morgan fingerprint density at radius 3 is 2.48 bits per heavy atom. The standard InChI is InChI=1S/C15H26N4O2/c1-5-16-12-10-13(19-15(18-12)11(3)4)17-9-7-8-14(20)21-6-2/h10-11H,5-9H2,1-4H3,(H2,16,17,18,19). The molecule has 6 heteroatoms. The van der Waals surface area contributed by atoms with Crippen LogP contribution < -0.4 is 10.6 Å². The molecule has 0 aromatic carbocycles. The van der Waals surface area contributed by atoms with Crippen molar-refractivity contribution in [2.45, 2.75) is 46.5 Å². The van der Waals surface area contributed by atoms with E-state index in [1.54, 1.807) is 0 Å². The normalized spacial score (nSPS) is 10.5. The van der Waals surface area contributed by atoms with Gasteiger partial charge in [-0.3, -0.25) is 4.79 Å². The van der Waals surface area contributed by atoms with Crippen molar-refractivity contribution in [3.63, 3.8) is 0 Å². The second kappa shape index (κ2) is 9.15. The SMILES string of the molecule is CCNc1cc(NCCCC(=O)OCC)nc(C(C)C)n1. The Balaban J connectivity index is 2.55. The summed E-state index contributed by atoms with van der Waals surface area (Å²) in [6.07, 6.45) is 1.14. The van der Waals surface area contributed by atoms with Crippen molar-refractivity contribution in [1.29, 1.82) is 0 Å². The summed E-state index contributed by atoms with van der Waals surface area (Å²) in [5.41, 5.74) is 0. The van der Waals surface area contributed by atoms with Gasteiger partial charge in [0.25, 0.3) is 0 Å². The van der Waals surface area contributed by atoms with Crippen LogP contribution in [0.15, 0.2) is 6.07 Å². The van der Waals surface area contributed by atoms with Crippen LogP contribution in [0.1, 0.15) is 52.3 Å². The van der Waals surface area contributed by atoms with Crippen molar-refractivity contribution in [3.05, 3.63) is 11.9 Å². The molecule has 6 nitrogen and oxygen atoms in total. The van der Waals surface area contributed by atoms with Crippen LogP contribution in [0, 0.1) is 0 Å². The Morgan fingerprint density at radius 1 is 1.24 bits per heavy atom. The van der Waals surface area contributed by atoms with Gasteiger partial charge >= 0.3 is 5.97 Å². The molecule has 0 aliphatic rings. The van der Waals surface area contributed by atoms with Gasteiger partial charge in [-0.15, -0.1) is 0 Å². The van der Waals surface area contributed by atoms with Crippen LogP contribution in [0.4, 0.5) is 11.6 Å². The first kappa shape index (κ1) is 17.2. The van der Waals surface area contributed by atoms with Gasteiger partial charge in [-0.05, 0) is 20.3 Å². The zero-order valence-corrected chi connectivity index (χ0v) is 13.4. The Labute approximate surface area is 126 Å². The van der Waals surface area contributed by atoms with Gasteiger partial charge in [0.2, 0.25) is 0 Å². The number of carbonyl (C=O) groups excluding carboxylic acids is 1. The summed E-state index contributed by atoms with van der Waals surface area (Å²) in [5, 5.41) is 6.44. The molecule has 1 aromatic rings. The van der Waals surface area contributed by atoms with Gasteiger partial charge in [0.1, 0.15) is 17.5 Å². The second-order valence-corrected chi connectivity index (χ2v) is 5.02. The highest BCUT2D eigenvalue weighted by Crippen LogP contribution is 2.17. The highest BCUT2D eigenvalue weighted by molar-refractivity contribution is 5.69. The molecule has 0 amide bonds. The van der Waals surface area contributed by atoms with Crippen molar-refractivity contribution < 1.29 is 9.53 Å². The molecule has 118 valence electrons. The number of carbonyl (C=O) groups is 1. The van der Waals surface area contributed by atoms with Gasteiger partial charge in [-0.25, -0.2) is 9.97 Å². The summed E-state index contributed by atoms with van der Waals surface area (Å²) >= 11 is 0. The number of anilines is 2. The van der Waals surface area contributed by atoms with Crippen molar-refractivity contribution >= 4 is 17.6 Å². The molecule has 0 spiro atoms. The summed E-state index contributed by atoms with van der Waals surface area (Å²) in [5.74, 6) is 2.53. The molecule has 0 unspecified atom stereocenters. The maximum atomic E-state index is 11.3. The van der Waals surface area contributed by atoms with Crippen molar-refractivity contribution in [1.82, 2.24) is 9.97 Å². The third-order valence-corrected chi connectivity index (χ3v) is 2.79. The van der Waals surface area contributed by atoms with E-state index in [4.69, 9.17) is 4.74 Å². The first-order valence-electron chi connectivity index (χ1n) is 7.59. The Hall–Kier alpha value is -1.85. The third-order valence-electron chi connectivity index (χ3n) is 2.79. The van der Waals surface area contributed by atoms with Crippen LogP contribution in [0.25, 0.3) is 0 Å². The minimum Gasteiger partial charge on any atom is -0.466 e. The fourth-order valence-electron chi connectivity index (χ4n) is 1.77. The van der Waals surface area contributed by atoms with Gasteiger partial charge in [0, 0.05) is 31.5 Å². The highest BCUT2D eigenvalue weighted by atomic mass is 16.5. The van der Waals surface area contributed by atoms with Gasteiger partial charge in [0.15, 0.2) is 0 Å². The highest BCUT2D eigenvalue weighted by Gasteiger charge is 2.08. The largest absolute Gasteiger partial charge is 0.466 e. The quantitative estimate of drug-likeness (QED) is 0.539. The lowest BCUT2D eigenvalue weighted by atomic mass is 10.2. The molecule has 0 atom stereocenters. The Morgan fingerprint density at radius 2 is 1.90 bits per heavy atom. The van der Waals surface area contributed by atoms with E-state index in [9.17, 15) is 4.79 Å². The Bertz CT molecular complexity index is 449. The number of hydrogen-bond acceptors (Lipinski definition) is 6. The van der Waals surface area contributed by atoms with Gasteiger partial charge in [0.05, 0.1) is 6.61 Å². The number of aromatic nitrogens is 2. The average molecular weight is 294 g/mol. The predicted molar refractivity (Wildman–Crippen MR) is 84.6 cm³/mol. The van der Waals surface area contributed by atoms with E-state index in [-0.39, 0.29) is 11.9 Å². The molecule has 2 N–H and O–H groups in total. The van der Waals surface area contributed by atoms with E-state index in [2.05, 4.69) is 34.4 Å². The van der Waals surface area contributed by atoms with Crippen LogP contribution in [0.2, 0.25) is 0 Å². The Kier molecular flexibility index (Phi) is 7.50. The predicted octanol–water partition coefficient (Wildman–Crippen LogP) is 2.79. The lowest BCUT2D eigenvalue weighted by Gasteiger charge is -2.12. The second-order valence-electron chi connectivity index (χ2n) is 5.02. The topological polar surface area (TPSA) is 76.1 Å². The zero-order chi connectivity index (χ0) is 15.7. The molecule has 1 aromatic heterocycles. The summed E-state index contributed by atoms with van der Waals surface area (Å²) in [6, 6.07) is 1.89. The summed E-state index contributed by atoms with van der Waals surface area (Å²) in [6.45, 7) is 9.90. The molecular formula is C15H26N4O2. The van der Waals surface area contributed by atoms with Crippen LogP contribution in [0.3, 0.4) is 0 Å².